The number of likely N-dealkylation sites (tertiary alicyclic amines) is 1. The number of rotatable bonds is 5. The molecule has 1 saturated heterocycles. The highest BCUT2D eigenvalue weighted by Gasteiger charge is 2.28. The molecule has 2 heterocycles. The standard InChI is InChI=1S/C21H30N4O/c1-15(2)25-14-17-5-3-8-19(20(17)23-25)21(26)22-13-16-9-11-24(12-10-16)18-6-4-7-18/h3,5,8,14-16,18H,4,6-7,9-13H2,1-2H3,(H,22,26). The largest absolute Gasteiger partial charge is 0.352 e. The fourth-order valence-electron chi connectivity index (χ4n) is 4.12. The van der Waals surface area contributed by atoms with Crippen LogP contribution in [0, 0.1) is 5.92 Å². The third-order valence-corrected chi connectivity index (χ3v) is 6.12. The fourth-order valence-corrected chi connectivity index (χ4v) is 4.12. The first kappa shape index (κ1) is 17.5. The molecule has 0 unspecified atom stereocenters. The van der Waals surface area contributed by atoms with Gasteiger partial charge in [-0.15, -0.1) is 0 Å². The second-order valence-electron chi connectivity index (χ2n) is 8.22. The second kappa shape index (κ2) is 7.39. The van der Waals surface area contributed by atoms with Gasteiger partial charge in [0.15, 0.2) is 0 Å². The summed E-state index contributed by atoms with van der Waals surface area (Å²) < 4.78 is 1.93. The first-order valence-corrected chi connectivity index (χ1v) is 10.1. The van der Waals surface area contributed by atoms with Crippen LogP contribution in [0.1, 0.15) is 62.4 Å². The summed E-state index contributed by atoms with van der Waals surface area (Å²) in [6.07, 6.45) is 8.58. The van der Waals surface area contributed by atoms with Crippen molar-refractivity contribution in [2.45, 2.75) is 58.0 Å². The van der Waals surface area contributed by atoms with E-state index in [1.54, 1.807) is 0 Å². The van der Waals surface area contributed by atoms with Crippen molar-refractivity contribution in [2.75, 3.05) is 19.6 Å². The number of fused-ring (bicyclic) bond motifs is 1. The normalized spacial score (nSPS) is 19.8. The van der Waals surface area contributed by atoms with Gasteiger partial charge in [-0.3, -0.25) is 9.48 Å². The average Bonchev–Trinajstić information content (AvgIpc) is 3.04. The predicted molar refractivity (Wildman–Crippen MR) is 104 cm³/mol. The van der Waals surface area contributed by atoms with Crippen LogP contribution in [0.25, 0.3) is 10.9 Å². The van der Waals surface area contributed by atoms with E-state index in [9.17, 15) is 4.79 Å². The minimum Gasteiger partial charge on any atom is -0.352 e. The summed E-state index contributed by atoms with van der Waals surface area (Å²) in [5.41, 5.74) is 1.49. The number of hydrogen-bond acceptors (Lipinski definition) is 3. The minimum atomic E-state index is 0.00558. The molecule has 0 bridgehead atoms. The van der Waals surface area contributed by atoms with E-state index in [-0.39, 0.29) is 5.91 Å². The number of amides is 1. The molecule has 5 heteroatoms. The zero-order valence-corrected chi connectivity index (χ0v) is 15.9. The van der Waals surface area contributed by atoms with E-state index in [1.807, 2.05) is 29.1 Å². The zero-order valence-electron chi connectivity index (χ0n) is 15.9. The summed E-state index contributed by atoms with van der Waals surface area (Å²) >= 11 is 0. The van der Waals surface area contributed by atoms with Crippen LogP contribution in [0.4, 0.5) is 0 Å². The van der Waals surface area contributed by atoms with Crippen LogP contribution in [-0.2, 0) is 0 Å². The number of benzene rings is 1. The highest BCUT2D eigenvalue weighted by atomic mass is 16.1. The quantitative estimate of drug-likeness (QED) is 0.892. The Morgan fingerprint density at radius 1 is 1.23 bits per heavy atom. The third-order valence-electron chi connectivity index (χ3n) is 6.12. The lowest BCUT2D eigenvalue weighted by molar-refractivity contribution is 0.0803. The van der Waals surface area contributed by atoms with Crippen LogP contribution in [0.2, 0.25) is 0 Å². The second-order valence-corrected chi connectivity index (χ2v) is 8.22. The summed E-state index contributed by atoms with van der Waals surface area (Å²) in [6, 6.07) is 6.99. The molecule has 1 amide bonds. The molecule has 1 N–H and O–H groups in total. The molecule has 2 fully saturated rings. The molecule has 0 atom stereocenters. The fraction of sp³-hybridized carbons (Fsp3) is 0.619. The van der Waals surface area contributed by atoms with Crippen molar-refractivity contribution in [3.8, 4) is 0 Å². The molecule has 26 heavy (non-hydrogen) atoms. The number of piperidine rings is 1. The first-order chi connectivity index (χ1) is 12.6. The molecule has 5 nitrogen and oxygen atoms in total. The van der Waals surface area contributed by atoms with Crippen LogP contribution >= 0.6 is 0 Å². The summed E-state index contributed by atoms with van der Waals surface area (Å²) in [5.74, 6) is 0.605. The summed E-state index contributed by atoms with van der Waals surface area (Å²) in [7, 11) is 0. The SMILES string of the molecule is CC(C)n1cc2cccc(C(=O)NCC3CCN(C4CCC4)CC3)c2n1. The van der Waals surface area contributed by atoms with E-state index in [1.165, 1.54) is 45.2 Å². The third kappa shape index (κ3) is 3.50. The van der Waals surface area contributed by atoms with E-state index in [2.05, 4.69) is 29.2 Å². The topological polar surface area (TPSA) is 50.2 Å². The van der Waals surface area contributed by atoms with Crippen LogP contribution in [-0.4, -0.2) is 46.3 Å². The van der Waals surface area contributed by atoms with Crippen LogP contribution in [0.15, 0.2) is 24.4 Å². The van der Waals surface area contributed by atoms with Gasteiger partial charge in [0.1, 0.15) is 5.52 Å². The Morgan fingerprint density at radius 3 is 2.65 bits per heavy atom. The van der Waals surface area contributed by atoms with Crippen LogP contribution in [0.3, 0.4) is 0 Å². The molecule has 2 aliphatic rings. The Morgan fingerprint density at radius 2 is 2.00 bits per heavy atom. The van der Waals surface area contributed by atoms with Gasteiger partial charge in [-0.05, 0) is 64.6 Å². The number of hydrogen-bond donors (Lipinski definition) is 1. The number of nitrogens with zero attached hydrogens (tertiary/aromatic N) is 3. The molecular formula is C21H30N4O. The van der Waals surface area contributed by atoms with Crippen LogP contribution in [0.5, 0.6) is 0 Å². The van der Waals surface area contributed by atoms with E-state index in [0.717, 1.165) is 23.5 Å². The number of aromatic nitrogens is 2. The molecule has 2 aromatic rings. The number of carbonyl (C=O) groups excluding carboxylic acids is 1. The van der Waals surface area contributed by atoms with Gasteiger partial charge in [-0.1, -0.05) is 18.6 Å². The maximum Gasteiger partial charge on any atom is 0.253 e. The number of carbonyl (C=O) groups is 1. The van der Waals surface area contributed by atoms with E-state index in [0.29, 0.717) is 17.5 Å². The Hall–Kier alpha value is -1.88. The Kier molecular flexibility index (Phi) is 4.98. The molecule has 4 rings (SSSR count). The lowest BCUT2D eigenvalue weighted by Gasteiger charge is -2.41. The van der Waals surface area contributed by atoms with Crippen molar-refractivity contribution < 1.29 is 4.79 Å². The molecule has 1 aromatic heterocycles. The van der Waals surface area contributed by atoms with Gasteiger partial charge >= 0.3 is 0 Å². The predicted octanol–water partition coefficient (Wildman–Crippen LogP) is 3.61. The minimum absolute atomic E-state index is 0.00558. The van der Waals surface area contributed by atoms with E-state index < -0.39 is 0 Å². The van der Waals surface area contributed by atoms with Crippen LogP contribution < -0.4 is 5.32 Å². The number of nitrogens with one attached hydrogen (secondary N) is 1. The van der Waals surface area contributed by atoms with Gasteiger partial charge in [-0.25, -0.2) is 0 Å². The van der Waals surface area contributed by atoms with Gasteiger partial charge < -0.3 is 10.2 Å². The maximum absolute atomic E-state index is 12.7. The molecule has 140 valence electrons. The lowest BCUT2D eigenvalue weighted by atomic mass is 9.88. The van der Waals surface area contributed by atoms with Gasteiger partial charge in [0.25, 0.3) is 5.91 Å². The first-order valence-electron chi connectivity index (χ1n) is 10.1. The smallest absolute Gasteiger partial charge is 0.253 e. The Labute approximate surface area is 155 Å². The van der Waals surface area contributed by atoms with Crippen molar-refractivity contribution in [3.05, 3.63) is 30.0 Å². The maximum atomic E-state index is 12.7. The lowest BCUT2D eigenvalue weighted by Crippen LogP contribution is -2.46. The Bertz CT molecular complexity index is 769. The zero-order chi connectivity index (χ0) is 18.1. The monoisotopic (exact) mass is 354 g/mol. The van der Waals surface area contributed by atoms with Crippen molar-refractivity contribution >= 4 is 16.8 Å². The highest BCUT2D eigenvalue weighted by molar-refractivity contribution is 6.05. The molecule has 0 spiro atoms. The van der Waals surface area contributed by atoms with E-state index >= 15 is 0 Å². The van der Waals surface area contributed by atoms with Gasteiger partial charge in [-0.2, -0.15) is 5.10 Å². The van der Waals surface area contributed by atoms with Gasteiger partial charge in [0.05, 0.1) is 5.56 Å². The van der Waals surface area contributed by atoms with Gasteiger partial charge in [0.2, 0.25) is 0 Å². The molecule has 0 radical (unpaired) electrons. The van der Waals surface area contributed by atoms with Gasteiger partial charge in [0, 0.05) is 30.2 Å². The highest BCUT2D eigenvalue weighted by Crippen LogP contribution is 2.29. The van der Waals surface area contributed by atoms with Crippen molar-refractivity contribution in [3.63, 3.8) is 0 Å². The van der Waals surface area contributed by atoms with Crippen molar-refractivity contribution in [1.29, 1.82) is 0 Å². The molecule has 1 aromatic carbocycles. The van der Waals surface area contributed by atoms with Crippen molar-refractivity contribution in [1.82, 2.24) is 20.0 Å². The summed E-state index contributed by atoms with van der Waals surface area (Å²) in [6.45, 7) is 7.36. The molecular weight excluding hydrogens is 324 g/mol. The Balaban J connectivity index is 1.36. The molecule has 1 aliphatic heterocycles. The van der Waals surface area contributed by atoms with E-state index in [4.69, 9.17) is 0 Å². The molecule has 1 saturated carbocycles. The van der Waals surface area contributed by atoms with Crippen molar-refractivity contribution in [2.24, 2.45) is 5.92 Å². The summed E-state index contributed by atoms with van der Waals surface area (Å²) in [5, 5.41) is 8.81. The summed E-state index contributed by atoms with van der Waals surface area (Å²) in [4.78, 5) is 15.4. The molecule has 1 aliphatic carbocycles. The average molecular weight is 354 g/mol.